The molecule has 0 amide bonds. The molecule has 33 heavy (non-hydrogen) atoms. The number of phenolic OH excluding ortho intramolecular Hbond substituents is 3. The van der Waals surface area contributed by atoms with E-state index in [1.807, 2.05) is 0 Å². The first kappa shape index (κ1) is 26.5. The van der Waals surface area contributed by atoms with Gasteiger partial charge in [0.2, 0.25) is 0 Å². The van der Waals surface area contributed by atoms with Crippen molar-refractivity contribution >= 4 is 17.9 Å². The molecule has 0 aromatic heterocycles. The summed E-state index contributed by atoms with van der Waals surface area (Å²) in [6.45, 7) is 0. The van der Waals surface area contributed by atoms with Gasteiger partial charge < -0.3 is 29.5 Å². The van der Waals surface area contributed by atoms with Crippen LogP contribution in [-0.2, 0) is 14.2 Å². The second kappa shape index (κ2) is 13.7. The van der Waals surface area contributed by atoms with Crippen LogP contribution in [0.4, 0.5) is 0 Å². The minimum Gasteiger partial charge on any atom is -0.508 e. The Hall–Kier alpha value is -4.53. The fraction of sp³-hybridized carbons (Fsp3) is 0.125. The number of ether oxygens (including phenoxy) is 3. The number of phenols is 3. The number of benzene rings is 3. The fourth-order valence-electron chi connectivity index (χ4n) is 2.15. The predicted octanol–water partition coefficient (Wildman–Crippen LogP) is 3.54. The maximum Gasteiger partial charge on any atom is 0.337 e. The molecule has 0 saturated heterocycles. The molecule has 3 rings (SSSR count). The van der Waals surface area contributed by atoms with E-state index in [1.54, 1.807) is 0 Å². The van der Waals surface area contributed by atoms with Gasteiger partial charge in [0.1, 0.15) is 17.2 Å². The van der Waals surface area contributed by atoms with E-state index in [0.717, 1.165) is 0 Å². The third-order valence-electron chi connectivity index (χ3n) is 3.87. The number of esters is 3. The van der Waals surface area contributed by atoms with Crippen LogP contribution in [0.15, 0.2) is 72.8 Å². The fourth-order valence-corrected chi connectivity index (χ4v) is 2.15. The highest BCUT2D eigenvalue weighted by molar-refractivity contribution is 5.90. The van der Waals surface area contributed by atoms with Gasteiger partial charge in [-0.3, -0.25) is 0 Å². The van der Waals surface area contributed by atoms with Crippen molar-refractivity contribution in [1.82, 2.24) is 0 Å². The average Bonchev–Trinajstić information content (AvgIpc) is 2.84. The molecule has 0 aliphatic heterocycles. The van der Waals surface area contributed by atoms with E-state index in [1.165, 1.54) is 94.1 Å². The second-order valence-corrected chi connectivity index (χ2v) is 6.12. The Bertz CT molecular complexity index is 888. The van der Waals surface area contributed by atoms with Gasteiger partial charge in [0.25, 0.3) is 0 Å². The minimum atomic E-state index is -0.398. The van der Waals surface area contributed by atoms with Crippen molar-refractivity contribution < 1.29 is 43.9 Å². The first-order valence-corrected chi connectivity index (χ1v) is 9.33. The van der Waals surface area contributed by atoms with E-state index in [2.05, 4.69) is 14.2 Å². The van der Waals surface area contributed by atoms with Gasteiger partial charge in [-0.15, -0.1) is 0 Å². The van der Waals surface area contributed by atoms with E-state index in [4.69, 9.17) is 15.3 Å². The monoisotopic (exact) mass is 456 g/mol. The van der Waals surface area contributed by atoms with Gasteiger partial charge >= 0.3 is 17.9 Å². The quantitative estimate of drug-likeness (QED) is 0.399. The summed E-state index contributed by atoms with van der Waals surface area (Å²) in [6, 6.07) is 17.6. The highest BCUT2D eigenvalue weighted by Crippen LogP contribution is 2.11. The van der Waals surface area contributed by atoms with Crippen LogP contribution in [0.25, 0.3) is 0 Å². The lowest BCUT2D eigenvalue weighted by Gasteiger charge is -1.97. The molecular formula is C24H24O9. The van der Waals surface area contributed by atoms with Crippen molar-refractivity contribution in [1.29, 1.82) is 0 Å². The first-order chi connectivity index (χ1) is 15.7. The maximum atomic E-state index is 10.8. The molecule has 0 aliphatic rings. The van der Waals surface area contributed by atoms with Crippen LogP contribution in [0.3, 0.4) is 0 Å². The molecule has 0 bridgehead atoms. The number of carbonyl (C=O) groups is 3. The van der Waals surface area contributed by atoms with Crippen LogP contribution < -0.4 is 0 Å². The van der Waals surface area contributed by atoms with E-state index >= 15 is 0 Å². The first-order valence-electron chi connectivity index (χ1n) is 9.33. The molecule has 0 heterocycles. The van der Waals surface area contributed by atoms with Gasteiger partial charge in [0.05, 0.1) is 38.0 Å². The maximum absolute atomic E-state index is 10.8. The van der Waals surface area contributed by atoms with E-state index < -0.39 is 17.9 Å². The highest BCUT2D eigenvalue weighted by Gasteiger charge is 2.04. The van der Waals surface area contributed by atoms with Crippen LogP contribution in [-0.4, -0.2) is 54.6 Å². The van der Waals surface area contributed by atoms with Gasteiger partial charge in [-0.25, -0.2) is 14.4 Å². The summed E-state index contributed by atoms with van der Waals surface area (Å²) in [6.07, 6.45) is 0. The number of carbonyl (C=O) groups excluding carboxylic acids is 3. The molecule has 0 unspecified atom stereocenters. The molecule has 0 atom stereocenters. The Balaban J connectivity index is 0.000000247. The van der Waals surface area contributed by atoms with Crippen LogP contribution in [0, 0.1) is 0 Å². The third-order valence-corrected chi connectivity index (χ3v) is 3.87. The summed E-state index contributed by atoms with van der Waals surface area (Å²) < 4.78 is 13.4. The molecule has 9 heteroatoms. The lowest BCUT2D eigenvalue weighted by molar-refractivity contribution is 0.0592. The molecular weight excluding hydrogens is 432 g/mol. The minimum absolute atomic E-state index is 0.137. The van der Waals surface area contributed by atoms with Crippen molar-refractivity contribution in [3.8, 4) is 17.2 Å². The number of methoxy groups -OCH3 is 3. The molecule has 174 valence electrons. The smallest absolute Gasteiger partial charge is 0.337 e. The van der Waals surface area contributed by atoms with Crippen molar-refractivity contribution in [2.45, 2.75) is 0 Å². The molecule has 3 aromatic rings. The molecule has 0 spiro atoms. The van der Waals surface area contributed by atoms with Gasteiger partial charge in [-0.1, -0.05) is 0 Å². The topological polar surface area (TPSA) is 140 Å². The number of rotatable bonds is 3. The second-order valence-electron chi connectivity index (χ2n) is 6.12. The van der Waals surface area contributed by atoms with Gasteiger partial charge in [-0.2, -0.15) is 0 Å². The predicted molar refractivity (Wildman–Crippen MR) is 118 cm³/mol. The molecule has 0 fully saturated rings. The Morgan fingerprint density at radius 2 is 0.636 bits per heavy atom. The molecule has 3 N–H and O–H groups in total. The largest absolute Gasteiger partial charge is 0.508 e. The Labute approximate surface area is 190 Å². The molecule has 0 aliphatic carbocycles. The van der Waals surface area contributed by atoms with E-state index in [9.17, 15) is 14.4 Å². The molecule has 0 saturated carbocycles. The summed E-state index contributed by atoms with van der Waals surface area (Å²) in [7, 11) is 3.94. The third kappa shape index (κ3) is 9.43. The van der Waals surface area contributed by atoms with Crippen LogP contribution in [0.1, 0.15) is 31.1 Å². The number of hydrogen-bond acceptors (Lipinski definition) is 9. The summed E-state index contributed by atoms with van der Waals surface area (Å²) >= 11 is 0. The normalized spacial score (nSPS) is 9.18. The molecule has 0 radical (unpaired) electrons. The van der Waals surface area contributed by atoms with Gasteiger partial charge in [0, 0.05) is 0 Å². The standard InChI is InChI=1S/3C8H8O3/c3*1-11-8(10)6-2-4-7(9)5-3-6/h3*2-5,9H,1H3. The van der Waals surface area contributed by atoms with Crippen molar-refractivity contribution in [2.75, 3.05) is 21.3 Å². The lowest BCUT2D eigenvalue weighted by Crippen LogP contribution is -1.99. The zero-order valence-corrected chi connectivity index (χ0v) is 18.2. The van der Waals surface area contributed by atoms with Crippen LogP contribution >= 0.6 is 0 Å². The zero-order chi connectivity index (χ0) is 24.8. The SMILES string of the molecule is COC(=O)c1ccc(O)cc1.COC(=O)c1ccc(O)cc1.COC(=O)c1ccc(O)cc1. The van der Waals surface area contributed by atoms with Crippen molar-refractivity contribution in [3.63, 3.8) is 0 Å². The zero-order valence-electron chi connectivity index (χ0n) is 18.2. The van der Waals surface area contributed by atoms with Gasteiger partial charge in [-0.05, 0) is 72.8 Å². The average molecular weight is 456 g/mol. The lowest BCUT2D eigenvalue weighted by atomic mass is 10.2. The van der Waals surface area contributed by atoms with Crippen LogP contribution in [0.2, 0.25) is 0 Å². The number of hydrogen-bond donors (Lipinski definition) is 3. The van der Waals surface area contributed by atoms with E-state index in [-0.39, 0.29) is 17.2 Å². The molecule has 3 aromatic carbocycles. The Morgan fingerprint density at radius 3 is 0.788 bits per heavy atom. The number of aromatic hydroxyl groups is 3. The van der Waals surface area contributed by atoms with E-state index in [0.29, 0.717) is 16.7 Å². The molecule has 9 nitrogen and oxygen atoms in total. The summed E-state index contributed by atoms with van der Waals surface area (Å²) in [5.74, 6) is -0.784. The van der Waals surface area contributed by atoms with Crippen molar-refractivity contribution in [2.24, 2.45) is 0 Å². The summed E-state index contributed by atoms with van der Waals surface area (Å²) in [4.78, 5) is 32.5. The Kier molecular flexibility index (Phi) is 11.0. The van der Waals surface area contributed by atoms with Crippen LogP contribution in [0.5, 0.6) is 17.2 Å². The van der Waals surface area contributed by atoms with Gasteiger partial charge in [0.15, 0.2) is 0 Å². The Morgan fingerprint density at radius 1 is 0.455 bits per heavy atom. The highest BCUT2D eigenvalue weighted by atomic mass is 16.5. The van der Waals surface area contributed by atoms with Crippen molar-refractivity contribution in [3.05, 3.63) is 89.5 Å². The summed E-state index contributed by atoms with van der Waals surface area (Å²) in [5.41, 5.74) is 1.31. The summed E-state index contributed by atoms with van der Waals surface area (Å²) in [5, 5.41) is 26.6.